The van der Waals surface area contributed by atoms with Crippen molar-refractivity contribution >= 4 is 5.84 Å². The van der Waals surface area contributed by atoms with Gasteiger partial charge in [0.1, 0.15) is 11.6 Å². The molecule has 0 atom stereocenters. The Bertz CT molecular complexity index is 630. The molecule has 6 nitrogen and oxygen atoms in total. The minimum Gasteiger partial charge on any atom is -0.409 e. The van der Waals surface area contributed by atoms with Crippen LogP contribution in [-0.4, -0.2) is 25.6 Å². The molecule has 2 heterocycles. The van der Waals surface area contributed by atoms with Crippen molar-refractivity contribution in [2.75, 3.05) is 0 Å². The zero-order valence-corrected chi connectivity index (χ0v) is 11.3. The van der Waals surface area contributed by atoms with Gasteiger partial charge in [0.15, 0.2) is 5.84 Å². The van der Waals surface area contributed by atoms with Gasteiger partial charge in [-0.3, -0.25) is 4.57 Å². The summed E-state index contributed by atoms with van der Waals surface area (Å²) in [5.74, 6) is 1.57. The molecule has 0 saturated heterocycles. The standard InChI is InChI=1S/C13H17N5O/c1-4-10-15-5-6-18(10)13-11(12(14)17-19)8(2)7-9(3)16-13/h5-7,19H,4H2,1-3H3,(H2,14,17). The minimum atomic E-state index is 0.0516. The normalized spacial score (nSPS) is 11.8. The fourth-order valence-electron chi connectivity index (χ4n) is 2.15. The molecule has 2 aromatic heterocycles. The van der Waals surface area contributed by atoms with Crippen LogP contribution in [0.5, 0.6) is 0 Å². The van der Waals surface area contributed by atoms with Crippen LogP contribution in [0.4, 0.5) is 0 Å². The van der Waals surface area contributed by atoms with E-state index in [1.54, 1.807) is 6.20 Å². The van der Waals surface area contributed by atoms with E-state index in [0.29, 0.717) is 11.4 Å². The van der Waals surface area contributed by atoms with E-state index in [1.807, 2.05) is 37.6 Å². The fourth-order valence-corrected chi connectivity index (χ4v) is 2.15. The van der Waals surface area contributed by atoms with Crippen LogP contribution < -0.4 is 5.73 Å². The summed E-state index contributed by atoms with van der Waals surface area (Å²) in [6.07, 6.45) is 4.32. The fraction of sp³-hybridized carbons (Fsp3) is 0.308. The summed E-state index contributed by atoms with van der Waals surface area (Å²) in [6.45, 7) is 5.84. The van der Waals surface area contributed by atoms with E-state index < -0.39 is 0 Å². The van der Waals surface area contributed by atoms with Gasteiger partial charge in [-0.05, 0) is 25.5 Å². The van der Waals surface area contributed by atoms with Crippen molar-refractivity contribution < 1.29 is 5.21 Å². The van der Waals surface area contributed by atoms with Crippen LogP contribution in [0.15, 0.2) is 23.6 Å². The highest BCUT2D eigenvalue weighted by Crippen LogP contribution is 2.19. The third-order valence-electron chi connectivity index (χ3n) is 2.95. The Morgan fingerprint density at radius 3 is 2.84 bits per heavy atom. The third-order valence-corrected chi connectivity index (χ3v) is 2.95. The molecular formula is C13H17N5O. The smallest absolute Gasteiger partial charge is 0.174 e. The van der Waals surface area contributed by atoms with Crippen molar-refractivity contribution in [2.24, 2.45) is 10.9 Å². The van der Waals surface area contributed by atoms with Crippen LogP contribution in [0.2, 0.25) is 0 Å². The molecule has 2 aromatic rings. The van der Waals surface area contributed by atoms with Crippen molar-refractivity contribution in [1.82, 2.24) is 14.5 Å². The lowest BCUT2D eigenvalue weighted by Crippen LogP contribution is -2.20. The number of amidine groups is 1. The predicted molar refractivity (Wildman–Crippen MR) is 72.7 cm³/mol. The van der Waals surface area contributed by atoms with Crippen LogP contribution >= 0.6 is 0 Å². The SMILES string of the molecule is CCc1nccn1-c1nc(C)cc(C)c1/C(N)=N/O. The van der Waals surface area contributed by atoms with Crippen LogP contribution in [0.1, 0.15) is 29.6 Å². The topological polar surface area (TPSA) is 89.3 Å². The zero-order chi connectivity index (χ0) is 14.0. The largest absolute Gasteiger partial charge is 0.409 e. The Hall–Kier alpha value is -2.37. The molecule has 0 saturated carbocycles. The number of nitrogens with zero attached hydrogens (tertiary/aromatic N) is 4. The molecule has 6 heteroatoms. The molecule has 0 aromatic carbocycles. The van der Waals surface area contributed by atoms with Crippen molar-refractivity contribution in [3.8, 4) is 5.82 Å². The Morgan fingerprint density at radius 2 is 2.21 bits per heavy atom. The van der Waals surface area contributed by atoms with Gasteiger partial charge in [0, 0.05) is 24.5 Å². The first-order valence-electron chi connectivity index (χ1n) is 6.07. The lowest BCUT2D eigenvalue weighted by Gasteiger charge is -2.14. The second kappa shape index (κ2) is 5.09. The predicted octanol–water partition coefficient (Wildman–Crippen LogP) is 1.54. The maximum atomic E-state index is 8.94. The third kappa shape index (κ3) is 2.29. The van der Waals surface area contributed by atoms with Gasteiger partial charge in [-0.2, -0.15) is 0 Å². The lowest BCUT2D eigenvalue weighted by atomic mass is 10.1. The van der Waals surface area contributed by atoms with Crippen LogP contribution in [0.25, 0.3) is 5.82 Å². The summed E-state index contributed by atoms with van der Waals surface area (Å²) in [5, 5.41) is 12.0. The molecule has 0 aliphatic rings. The summed E-state index contributed by atoms with van der Waals surface area (Å²) in [4.78, 5) is 8.78. The molecule has 0 aliphatic heterocycles. The van der Waals surface area contributed by atoms with Crippen LogP contribution in [-0.2, 0) is 6.42 Å². The molecule has 2 rings (SSSR count). The molecular weight excluding hydrogens is 242 g/mol. The van der Waals surface area contributed by atoms with Gasteiger partial charge in [-0.15, -0.1) is 0 Å². The number of aromatic nitrogens is 3. The Balaban J connectivity index is 2.75. The maximum absolute atomic E-state index is 8.94. The molecule has 0 fully saturated rings. The van der Waals surface area contributed by atoms with Gasteiger partial charge < -0.3 is 10.9 Å². The number of nitrogens with two attached hydrogens (primary N) is 1. The molecule has 0 amide bonds. The molecule has 0 bridgehead atoms. The van der Waals surface area contributed by atoms with Gasteiger partial charge >= 0.3 is 0 Å². The van der Waals surface area contributed by atoms with Crippen molar-refractivity contribution in [3.05, 3.63) is 41.1 Å². The maximum Gasteiger partial charge on any atom is 0.174 e. The summed E-state index contributed by atoms with van der Waals surface area (Å²) in [7, 11) is 0. The van der Waals surface area contributed by atoms with E-state index in [-0.39, 0.29) is 5.84 Å². The second-order valence-electron chi connectivity index (χ2n) is 4.33. The first-order valence-corrected chi connectivity index (χ1v) is 6.07. The molecule has 19 heavy (non-hydrogen) atoms. The molecule has 0 unspecified atom stereocenters. The number of pyridine rings is 1. The Kier molecular flexibility index (Phi) is 3.50. The van der Waals surface area contributed by atoms with Crippen LogP contribution in [0.3, 0.4) is 0 Å². The highest BCUT2D eigenvalue weighted by Gasteiger charge is 2.16. The van der Waals surface area contributed by atoms with Crippen molar-refractivity contribution in [3.63, 3.8) is 0 Å². The van der Waals surface area contributed by atoms with E-state index >= 15 is 0 Å². The number of hydrogen-bond donors (Lipinski definition) is 2. The molecule has 3 N–H and O–H groups in total. The van der Waals surface area contributed by atoms with E-state index in [1.165, 1.54) is 0 Å². The van der Waals surface area contributed by atoms with Crippen LogP contribution in [0, 0.1) is 13.8 Å². The highest BCUT2D eigenvalue weighted by atomic mass is 16.4. The number of rotatable bonds is 3. The van der Waals surface area contributed by atoms with E-state index in [0.717, 1.165) is 23.5 Å². The summed E-state index contributed by atoms with van der Waals surface area (Å²) < 4.78 is 1.87. The average Bonchev–Trinajstić information content (AvgIpc) is 2.85. The van der Waals surface area contributed by atoms with Crippen molar-refractivity contribution in [2.45, 2.75) is 27.2 Å². The number of hydrogen-bond acceptors (Lipinski definition) is 4. The van der Waals surface area contributed by atoms with Gasteiger partial charge in [-0.1, -0.05) is 12.1 Å². The molecule has 100 valence electrons. The Labute approximate surface area is 111 Å². The monoisotopic (exact) mass is 259 g/mol. The van der Waals surface area contributed by atoms with Gasteiger partial charge in [0.2, 0.25) is 0 Å². The highest BCUT2D eigenvalue weighted by molar-refractivity contribution is 6.01. The van der Waals surface area contributed by atoms with E-state index in [4.69, 9.17) is 10.9 Å². The molecule has 0 aliphatic carbocycles. The first kappa shape index (κ1) is 13.1. The van der Waals surface area contributed by atoms with E-state index in [9.17, 15) is 0 Å². The summed E-state index contributed by atoms with van der Waals surface area (Å²) in [5.41, 5.74) is 8.18. The number of oxime groups is 1. The lowest BCUT2D eigenvalue weighted by molar-refractivity contribution is 0.318. The summed E-state index contributed by atoms with van der Waals surface area (Å²) >= 11 is 0. The number of aryl methyl sites for hydroxylation is 3. The minimum absolute atomic E-state index is 0.0516. The van der Waals surface area contributed by atoms with Gasteiger partial charge in [0.05, 0.1) is 5.56 Å². The second-order valence-corrected chi connectivity index (χ2v) is 4.33. The van der Waals surface area contributed by atoms with Gasteiger partial charge in [0.25, 0.3) is 0 Å². The zero-order valence-electron chi connectivity index (χ0n) is 11.3. The molecule has 0 radical (unpaired) electrons. The Morgan fingerprint density at radius 1 is 1.47 bits per heavy atom. The van der Waals surface area contributed by atoms with E-state index in [2.05, 4.69) is 15.1 Å². The van der Waals surface area contributed by atoms with Crippen molar-refractivity contribution in [1.29, 1.82) is 0 Å². The van der Waals surface area contributed by atoms with Gasteiger partial charge in [-0.25, -0.2) is 9.97 Å². The summed E-state index contributed by atoms with van der Waals surface area (Å²) in [6, 6.07) is 1.90. The number of imidazole rings is 1. The molecule has 0 spiro atoms. The quantitative estimate of drug-likeness (QED) is 0.379. The first-order chi connectivity index (χ1) is 9.08. The average molecular weight is 259 g/mol.